The van der Waals surface area contributed by atoms with Crippen molar-refractivity contribution in [3.63, 3.8) is 0 Å². The summed E-state index contributed by atoms with van der Waals surface area (Å²) in [5, 5.41) is 3.53. The second kappa shape index (κ2) is 13.4. The van der Waals surface area contributed by atoms with Gasteiger partial charge in [-0.3, -0.25) is 0 Å². The lowest BCUT2D eigenvalue weighted by molar-refractivity contribution is 0.197. The Morgan fingerprint density at radius 1 is 0.833 bits per heavy atom. The molecule has 0 fully saturated rings. The molecule has 0 aliphatic rings. The molecule has 0 amide bonds. The lowest BCUT2D eigenvalue weighted by atomic mass is 10.1. The van der Waals surface area contributed by atoms with Gasteiger partial charge in [0.05, 0.1) is 0 Å². The van der Waals surface area contributed by atoms with E-state index in [1.807, 2.05) is 0 Å². The third-order valence-electron chi connectivity index (χ3n) is 3.77. The second-order valence-electron chi connectivity index (χ2n) is 5.46. The van der Waals surface area contributed by atoms with Gasteiger partial charge in [0.1, 0.15) is 0 Å². The van der Waals surface area contributed by atoms with Crippen LogP contribution in [0.2, 0.25) is 0 Å². The van der Waals surface area contributed by atoms with E-state index in [0.717, 1.165) is 6.04 Å². The lowest BCUT2D eigenvalue weighted by Crippen LogP contribution is -2.34. The summed E-state index contributed by atoms with van der Waals surface area (Å²) < 4.78 is 0. The Hall–Kier alpha value is -0.0800. The summed E-state index contributed by atoms with van der Waals surface area (Å²) in [5.74, 6) is 0. The van der Waals surface area contributed by atoms with Crippen molar-refractivity contribution in [2.45, 2.75) is 78.7 Å². The second-order valence-corrected chi connectivity index (χ2v) is 5.46. The Morgan fingerprint density at radius 2 is 1.44 bits per heavy atom. The third kappa shape index (κ3) is 9.90. The monoisotopic (exact) mass is 256 g/mol. The third-order valence-corrected chi connectivity index (χ3v) is 3.77. The van der Waals surface area contributed by atoms with Crippen LogP contribution in [-0.4, -0.2) is 37.1 Å². The smallest absolute Gasteiger partial charge is 0.00643 e. The van der Waals surface area contributed by atoms with Crippen molar-refractivity contribution in [2.24, 2.45) is 0 Å². The minimum Gasteiger partial charge on any atom is -0.317 e. The summed E-state index contributed by atoms with van der Waals surface area (Å²) >= 11 is 0. The highest BCUT2D eigenvalue weighted by Gasteiger charge is 2.10. The first-order chi connectivity index (χ1) is 8.76. The van der Waals surface area contributed by atoms with E-state index in [-0.39, 0.29) is 0 Å². The van der Waals surface area contributed by atoms with Crippen molar-refractivity contribution in [3.8, 4) is 0 Å². The van der Waals surface area contributed by atoms with Crippen LogP contribution in [0, 0.1) is 0 Å². The highest BCUT2D eigenvalue weighted by atomic mass is 15.1. The van der Waals surface area contributed by atoms with Crippen LogP contribution in [0.5, 0.6) is 0 Å². The van der Waals surface area contributed by atoms with Crippen molar-refractivity contribution in [1.29, 1.82) is 0 Å². The molecule has 0 aromatic heterocycles. The molecule has 0 aromatic rings. The molecule has 1 atom stereocenters. The minimum absolute atomic E-state index is 0.754. The molecular weight excluding hydrogens is 220 g/mol. The summed E-state index contributed by atoms with van der Waals surface area (Å²) in [7, 11) is 0. The standard InChI is InChI=1S/C16H36N2/c1-5-8-12-17-13-10-11-15-18(14-9-6-2)16(4)7-3/h16-17H,5-15H2,1-4H3. The summed E-state index contributed by atoms with van der Waals surface area (Å²) in [6, 6.07) is 0.754. The number of hydrogen-bond donors (Lipinski definition) is 1. The average molecular weight is 256 g/mol. The maximum atomic E-state index is 3.53. The fourth-order valence-corrected chi connectivity index (χ4v) is 2.16. The van der Waals surface area contributed by atoms with Crippen LogP contribution in [0.1, 0.15) is 72.6 Å². The quantitative estimate of drug-likeness (QED) is 0.500. The van der Waals surface area contributed by atoms with Crippen molar-refractivity contribution < 1.29 is 0 Å². The number of hydrogen-bond acceptors (Lipinski definition) is 2. The zero-order chi connectivity index (χ0) is 13.6. The molecule has 0 radical (unpaired) electrons. The molecule has 0 spiro atoms. The number of unbranched alkanes of at least 4 members (excludes halogenated alkanes) is 3. The fourth-order valence-electron chi connectivity index (χ4n) is 2.16. The van der Waals surface area contributed by atoms with Gasteiger partial charge < -0.3 is 10.2 Å². The molecule has 0 saturated carbocycles. The number of nitrogens with one attached hydrogen (secondary N) is 1. The first-order valence-electron chi connectivity index (χ1n) is 8.20. The van der Waals surface area contributed by atoms with E-state index in [4.69, 9.17) is 0 Å². The fraction of sp³-hybridized carbons (Fsp3) is 1.00. The SMILES string of the molecule is CCCCNCCCCN(CCCC)C(C)CC. The van der Waals surface area contributed by atoms with E-state index in [1.54, 1.807) is 0 Å². The maximum Gasteiger partial charge on any atom is 0.00643 e. The van der Waals surface area contributed by atoms with Gasteiger partial charge >= 0.3 is 0 Å². The summed E-state index contributed by atoms with van der Waals surface area (Å²) in [5.41, 5.74) is 0. The van der Waals surface area contributed by atoms with Gasteiger partial charge in [-0.2, -0.15) is 0 Å². The van der Waals surface area contributed by atoms with Crippen molar-refractivity contribution in [3.05, 3.63) is 0 Å². The van der Waals surface area contributed by atoms with Gasteiger partial charge in [-0.05, 0) is 65.2 Å². The number of nitrogens with zero attached hydrogens (tertiary/aromatic N) is 1. The van der Waals surface area contributed by atoms with Crippen LogP contribution in [0.15, 0.2) is 0 Å². The van der Waals surface area contributed by atoms with Gasteiger partial charge in [0, 0.05) is 6.04 Å². The van der Waals surface area contributed by atoms with E-state index in [0.29, 0.717) is 0 Å². The summed E-state index contributed by atoms with van der Waals surface area (Å²) in [4.78, 5) is 2.68. The highest BCUT2D eigenvalue weighted by Crippen LogP contribution is 2.07. The van der Waals surface area contributed by atoms with E-state index in [1.165, 1.54) is 71.1 Å². The molecule has 0 saturated heterocycles. The average Bonchev–Trinajstić information content (AvgIpc) is 2.40. The zero-order valence-corrected chi connectivity index (χ0v) is 13.3. The van der Waals surface area contributed by atoms with Crippen molar-refractivity contribution >= 4 is 0 Å². The molecule has 18 heavy (non-hydrogen) atoms. The largest absolute Gasteiger partial charge is 0.317 e. The Labute approximate surface area is 116 Å². The Balaban J connectivity index is 3.56. The van der Waals surface area contributed by atoms with Gasteiger partial charge in [0.2, 0.25) is 0 Å². The molecular formula is C16H36N2. The highest BCUT2D eigenvalue weighted by molar-refractivity contribution is 4.66. The maximum absolute atomic E-state index is 3.53. The molecule has 0 rings (SSSR count). The van der Waals surface area contributed by atoms with E-state index < -0.39 is 0 Å². The zero-order valence-electron chi connectivity index (χ0n) is 13.3. The van der Waals surface area contributed by atoms with E-state index in [9.17, 15) is 0 Å². The first-order valence-corrected chi connectivity index (χ1v) is 8.20. The molecule has 0 aliphatic heterocycles. The van der Waals surface area contributed by atoms with E-state index >= 15 is 0 Å². The van der Waals surface area contributed by atoms with Crippen LogP contribution < -0.4 is 5.32 Å². The van der Waals surface area contributed by atoms with Crippen molar-refractivity contribution in [1.82, 2.24) is 10.2 Å². The minimum atomic E-state index is 0.754. The summed E-state index contributed by atoms with van der Waals surface area (Å²) in [6.45, 7) is 14.2. The molecule has 0 heterocycles. The molecule has 110 valence electrons. The number of rotatable bonds is 13. The molecule has 0 aliphatic carbocycles. The van der Waals surface area contributed by atoms with Crippen LogP contribution in [0.3, 0.4) is 0 Å². The van der Waals surface area contributed by atoms with Crippen LogP contribution in [0.25, 0.3) is 0 Å². The molecule has 2 nitrogen and oxygen atoms in total. The Bertz CT molecular complexity index is 159. The van der Waals surface area contributed by atoms with Gasteiger partial charge in [-0.15, -0.1) is 0 Å². The predicted octanol–water partition coefficient (Wildman–Crippen LogP) is 4.06. The Kier molecular flexibility index (Phi) is 13.3. The van der Waals surface area contributed by atoms with Gasteiger partial charge in [-0.1, -0.05) is 33.6 Å². The van der Waals surface area contributed by atoms with E-state index in [2.05, 4.69) is 37.9 Å². The van der Waals surface area contributed by atoms with Crippen LogP contribution >= 0.6 is 0 Å². The Morgan fingerprint density at radius 3 is 2.06 bits per heavy atom. The molecule has 0 bridgehead atoms. The van der Waals surface area contributed by atoms with Gasteiger partial charge in [0.25, 0.3) is 0 Å². The molecule has 0 aromatic carbocycles. The van der Waals surface area contributed by atoms with Gasteiger partial charge in [-0.25, -0.2) is 0 Å². The molecule has 2 heteroatoms. The summed E-state index contributed by atoms with van der Waals surface area (Å²) in [6.07, 6.45) is 9.21. The van der Waals surface area contributed by atoms with Crippen LogP contribution in [-0.2, 0) is 0 Å². The normalized spacial score (nSPS) is 13.2. The topological polar surface area (TPSA) is 15.3 Å². The van der Waals surface area contributed by atoms with Crippen LogP contribution in [0.4, 0.5) is 0 Å². The lowest BCUT2D eigenvalue weighted by Gasteiger charge is -2.28. The molecule has 1 N–H and O–H groups in total. The van der Waals surface area contributed by atoms with Crippen molar-refractivity contribution in [2.75, 3.05) is 26.2 Å². The van der Waals surface area contributed by atoms with Gasteiger partial charge in [0.15, 0.2) is 0 Å². The molecule has 1 unspecified atom stereocenters. The predicted molar refractivity (Wildman–Crippen MR) is 83.2 cm³/mol. The first kappa shape index (κ1) is 17.9.